The maximum absolute atomic E-state index is 6.00. The van der Waals surface area contributed by atoms with Gasteiger partial charge in [-0.25, -0.2) is 0 Å². The van der Waals surface area contributed by atoms with E-state index in [4.69, 9.17) is 5.73 Å². The molecule has 0 aromatic heterocycles. The molecule has 2 heteroatoms. The van der Waals surface area contributed by atoms with Gasteiger partial charge in [0.1, 0.15) is 0 Å². The van der Waals surface area contributed by atoms with E-state index >= 15 is 0 Å². The molecule has 2 unspecified atom stereocenters. The zero-order valence-corrected chi connectivity index (χ0v) is 8.68. The third kappa shape index (κ3) is 2.44. The SMILES string of the molecule is CC1(CNCC2CCCC2N)CC1. The van der Waals surface area contributed by atoms with Gasteiger partial charge in [-0.3, -0.25) is 0 Å². The molecule has 2 rings (SSSR count). The number of nitrogens with two attached hydrogens (primary N) is 1. The van der Waals surface area contributed by atoms with Crippen molar-refractivity contribution in [3.8, 4) is 0 Å². The third-order valence-electron chi connectivity index (χ3n) is 3.78. The minimum atomic E-state index is 0.472. The fraction of sp³-hybridized carbons (Fsp3) is 1.00. The van der Waals surface area contributed by atoms with Gasteiger partial charge in [-0.1, -0.05) is 13.3 Å². The molecular formula is C11H22N2. The molecule has 13 heavy (non-hydrogen) atoms. The molecule has 2 fully saturated rings. The van der Waals surface area contributed by atoms with Gasteiger partial charge in [-0.05, 0) is 43.6 Å². The molecule has 0 amide bonds. The Bertz CT molecular complexity index is 175. The number of hydrogen-bond donors (Lipinski definition) is 2. The van der Waals surface area contributed by atoms with Gasteiger partial charge in [0.2, 0.25) is 0 Å². The van der Waals surface area contributed by atoms with Gasteiger partial charge in [-0.15, -0.1) is 0 Å². The van der Waals surface area contributed by atoms with Crippen LogP contribution >= 0.6 is 0 Å². The van der Waals surface area contributed by atoms with Crippen molar-refractivity contribution in [2.45, 2.75) is 45.1 Å². The lowest BCUT2D eigenvalue weighted by Crippen LogP contribution is -2.35. The van der Waals surface area contributed by atoms with E-state index in [2.05, 4.69) is 12.2 Å². The third-order valence-corrected chi connectivity index (χ3v) is 3.78. The zero-order valence-electron chi connectivity index (χ0n) is 8.68. The predicted octanol–water partition coefficient (Wildman–Crippen LogP) is 1.50. The van der Waals surface area contributed by atoms with E-state index in [0.717, 1.165) is 12.5 Å². The van der Waals surface area contributed by atoms with Gasteiger partial charge in [0.05, 0.1) is 0 Å². The van der Waals surface area contributed by atoms with Gasteiger partial charge >= 0.3 is 0 Å². The lowest BCUT2D eigenvalue weighted by atomic mass is 10.0. The molecule has 3 N–H and O–H groups in total. The molecule has 0 radical (unpaired) electrons. The number of nitrogens with one attached hydrogen (secondary N) is 1. The molecule has 0 bridgehead atoms. The predicted molar refractivity (Wildman–Crippen MR) is 55.5 cm³/mol. The summed E-state index contributed by atoms with van der Waals surface area (Å²) in [5.74, 6) is 0.752. The Balaban J connectivity index is 1.62. The van der Waals surface area contributed by atoms with Crippen molar-refractivity contribution in [2.75, 3.05) is 13.1 Å². The Morgan fingerprint density at radius 2 is 2.15 bits per heavy atom. The highest BCUT2D eigenvalue weighted by Crippen LogP contribution is 2.44. The van der Waals surface area contributed by atoms with Crippen LogP contribution in [0.4, 0.5) is 0 Å². The Morgan fingerprint density at radius 3 is 2.69 bits per heavy atom. The first-order chi connectivity index (χ1) is 6.20. The zero-order chi connectivity index (χ0) is 9.31. The summed E-state index contributed by atoms with van der Waals surface area (Å²) in [5.41, 5.74) is 6.65. The summed E-state index contributed by atoms with van der Waals surface area (Å²) in [6.07, 6.45) is 6.74. The van der Waals surface area contributed by atoms with Crippen LogP contribution in [0.5, 0.6) is 0 Å². The van der Waals surface area contributed by atoms with Crippen LogP contribution in [0.25, 0.3) is 0 Å². The highest BCUT2D eigenvalue weighted by Gasteiger charge is 2.36. The van der Waals surface area contributed by atoms with E-state index in [1.54, 1.807) is 0 Å². The van der Waals surface area contributed by atoms with Crippen LogP contribution in [0, 0.1) is 11.3 Å². The van der Waals surface area contributed by atoms with Crippen LogP contribution in [0.1, 0.15) is 39.0 Å². The summed E-state index contributed by atoms with van der Waals surface area (Å²) >= 11 is 0. The normalized spacial score (nSPS) is 36.5. The summed E-state index contributed by atoms with van der Waals surface area (Å²) in [6.45, 7) is 4.72. The van der Waals surface area contributed by atoms with E-state index < -0.39 is 0 Å². The lowest BCUT2D eigenvalue weighted by Gasteiger charge is -2.17. The van der Waals surface area contributed by atoms with Crippen LogP contribution < -0.4 is 11.1 Å². The Labute approximate surface area is 81.3 Å². The maximum Gasteiger partial charge on any atom is 0.00792 e. The summed E-state index contributed by atoms with van der Waals surface area (Å²) < 4.78 is 0. The standard InChI is InChI=1S/C11H22N2/c1-11(5-6-11)8-13-7-9-3-2-4-10(9)12/h9-10,13H,2-8,12H2,1H3. The van der Waals surface area contributed by atoms with E-state index in [1.165, 1.54) is 38.6 Å². The maximum atomic E-state index is 6.00. The summed E-state index contributed by atoms with van der Waals surface area (Å²) in [4.78, 5) is 0. The number of hydrogen-bond acceptors (Lipinski definition) is 2. The van der Waals surface area contributed by atoms with E-state index in [-0.39, 0.29) is 0 Å². The first-order valence-electron chi connectivity index (χ1n) is 5.66. The van der Waals surface area contributed by atoms with Gasteiger partial charge in [-0.2, -0.15) is 0 Å². The number of rotatable bonds is 4. The van der Waals surface area contributed by atoms with Gasteiger partial charge in [0.25, 0.3) is 0 Å². The van der Waals surface area contributed by atoms with Crippen molar-refractivity contribution >= 4 is 0 Å². The average Bonchev–Trinajstić information content (AvgIpc) is 2.68. The second kappa shape index (κ2) is 3.58. The van der Waals surface area contributed by atoms with Crippen molar-refractivity contribution in [1.29, 1.82) is 0 Å². The molecule has 2 aliphatic carbocycles. The van der Waals surface area contributed by atoms with Crippen molar-refractivity contribution in [1.82, 2.24) is 5.32 Å². The molecular weight excluding hydrogens is 160 g/mol. The van der Waals surface area contributed by atoms with Gasteiger partial charge < -0.3 is 11.1 Å². The molecule has 0 heterocycles. The molecule has 76 valence electrons. The van der Waals surface area contributed by atoms with Gasteiger partial charge in [0, 0.05) is 12.6 Å². The van der Waals surface area contributed by atoms with Crippen molar-refractivity contribution < 1.29 is 0 Å². The molecule has 0 aliphatic heterocycles. The summed E-state index contributed by atoms with van der Waals surface area (Å²) in [7, 11) is 0. The monoisotopic (exact) mass is 182 g/mol. The van der Waals surface area contributed by atoms with E-state index in [9.17, 15) is 0 Å². The van der Waals surface area contributed by atoms with E-state index in [0.29, 0.717) is 11.5 Å². The minimum absolute atomic E-state index is 0.472. The van der Waals surface area contributed by atoms with E-state index in [1.807, 2.05) is 0 Å². The first-order valence-corrected chi connectivity index (χ1v) is 5.66. The smallest absolute Gasteiger partial charge is 0.00792 e. The van der Waals surface area contributed by atoms with Crippen LogP contribution in [0.15, 0.2) is 0 Å². The van der Waals surface area contributed by atoms with Crippen molar-refractivity contribution in [3.63, 3.8) is 0 Å². The Hall–Kier alpha value is -0.0800. The highest BCUT2D eigenvalue weighted by molar-refractivity contribution is 4.91. The van der Waals surface area contributed by atoms with Crippen molar-refractivity contribution in [3.05, 3.63) is 0 Å². The van der Waals surface area contributed by atoms with Gasteiger partial charge in [0.15, 0.2) is 0 Å². The quantitative estimate of drug-likeness (QED) is 0.691. The van der Waals surface area contributed by atoms with Crippen LogP contribution in [0.3, 0.4) is 0 Å². The first kappa shape index (κ1) is 9.47. The highest BCUT2D eigenvalue weighted by atomic mass is 14.9. The molecule has 0 saturated heterocycles. The molecule has 2 atom stereocenters. The molecule has 2 aliphatic rings. The Kier molecular flexibility index (Phi) is 2.61. The Morgan fingerprint density at radius 1 is 1.38 bits per heavy atom. The van der Waals surface area contributed by atoms with Crippen molar-refractivity contribution in [2.24, 2.45) is 17.1 Å². The fourth-order valence-corrected chi connectivity index (χ4v) is 2.27. The molecule has 2 nitrogen and oxygen atoms in total. The molecule has 0 spiro atoms. The summed E-state index contributed by atoms with van der Waals surface area (Å²) in [5, 5.41) is 3.58. The second-order valence-electron chi connectivity index (χ2n) is 5.30. The largest absolute Gasteiger partial charge is 0.327 e. The summed E-state index contributed by atoms with van der Waals surface area (Å²) in [6, 6.07) is 0.472. The minimum Gasteiger partial charge on any atom is -0.327 e. The van der Waals surface area contributed by atoms with Crippen LogP contribution in [-0.4, -0.2) is 19.1 Å². The van der Waals surface area contributed by atoms with Crippen LogP contribution in [0.2, 0.25) is 0 Å². The average molecular weight is 182 g/mol. The molecule has 0 aromatic carbocycles. The second-order valence-corrected chi connectivity index (χ2v) is 5.30. The molecule has 0 aromatic rings. The van der Waals surface area contributed by atoms with Crippen LogP contribution in [-0.2, 0) is 0 Å². The fourth-order valence-electron chi connectivity index (χ4n) is 2.27. The lowest BCUT2D eigenvalue weighted by molar-refractivity contribution is 0.409. The molecule has 2 saturated carbocycles. The topological polar surface area (TPSA) is 38.0 Å².